The largest absolute Gasteiger partial charge is 0.311 e. The number of benzene rings is 1. The van der Waals surface area contributed by atoms with Gasteiger partial charge in [0.25, 0.3) is 0 Å². The van der Waals surface area contributed by atoms with Crippen LogP contribution >= 0.6 is 11.6 Å². The number of hydrogen-bond acceptors (Lipinski definition) is 2. The second-order valence-corrected chi connectivity index (χ2v) is 7.15. The first kappa shape index (κ1) is 15.3. The molecule has 1 heterocycles. The van der Waals surface area contributed by atoms with E-state index in [1.54, 1.807) is 6.07 Å². The summed E-state index contributed by atoms with van der Waals surface area (Å²) in [5.41, 5.74) is 1.32. The van der Waals surface area contributed by atoms with E-state index in [4.69, 9.17) is 11.6 Å². The van der Waals surface area contributed by atoms with E-state index in [0.29, 0.717) is 6.04 Å². The van der Waals surface area contributed by atoms with Crippen LogP contribution in [-0.2, 0) is 6.54 Å². The minimum absolute atomic E-state index is 0.215. The highest BCUT2D eigenvalue weighted by atomic mass is 35.5. The summed E-state index contributed by atoms with van der Waals surface area (Å²) < 4.78 is 13.3. The Morgan fingerprint density at radius 2 is 2.19 bits per heavy atom. The Hall–Kier alpha value is -0.640. The number of piperazine rings is 1. The van der Waals surface area contributed by atoms with E-state index < -0.39 is 0 Å². The van der Waals surface area contributed by atoms with Gasteiger partial charge in [0.2, 0.25) is 0 Å². The second-order valence-electron chi connectivity index (χ2n) is 6.75. The predicted octanol–water partition coefficient (Wildman–Crippen LogP) is 3.83. The molecule has 3 rings (SSSR count). The molecule has 21 heavy (non-hydrogen) atoms. The van der Waals surface area contributed by atoms with Gasteiger partial charge >= 0.3 is 0 Å². The molecule has 2 fully saturated rings. The van der Waals surface area contributed by atoms with Gasteiger partial charge in [-0.2, -0.15) is 0 Å². The van der Waals surface area contributed by atoms with E-state index >= 15 is 0 Å². The molecule has 1 saturated carbocycles. The Balaban J connectivity index is 1.79. The van der Waals surface area contributed by atoms with Crippen molar-refractivity contribution in [2.24, 2.45) is 5.92 Å². The van der Waals surface area contributed by atoms with Gasteiger partial charge in [-0.1, -0.05) is 24.6 Å². The molecule has 0 aromatic heterocycles. The van der Waals surface area contributed by atoms with Gasteiger partial charge in [0.05, 0.1) is 5.02 Å². The average molecular weight is 311 g/mol. The van der Waals surface area contributed by atoms with E-state index in [9.17, 15) is 4.39 Å². The van der Waals surface area contributed by atoms with Crippen molar-refractivity contribution in [3.63, 3.8) is 0 Å². The SMILES string of the molecule is CCC1CN(Cc2ccc(F)c(Cl)c2)C(C)(C2CC2)CN1. The lowest BCUT2D eigenvalue weighted by Crippen LogP contribution is -2.63. The number of hydrogen-bond donors (Lipinski definition) is 1. The highest BCUT2D eigenvalue weighted by Gasteiger charge is 2.47. The molecule has 2 unspecified atom stereocenters. The minimum atomic E-state index is -0.336. The van der Waals surface area contributed by atoms with Crippen LogP contribution in [0.5, 0.6) is 0 Å². The van der Waals surface area contributed by atoms with E-state index in [-0.39, 0.29) is 16.4 Å². The van der Waals surface area contributed by atoms with E-state index in [0.717, 1.165) is 37.5 Å². The minimum Gasteiger partial charge on any atom is -0.311 e. The summed E-state index contributed by atoms with van der Waals surface area (Å²) in [6, 6.07) is 5.66. The first-order valence-electron chi connectivity index (χ1n) is 7.95. The molecule has 116 valence electrons. The fraction of sp³-hybridized carbons (Fsp3) is 0.647. The maximum Gasteiger partial charge on any atom is 0.141 e. The summed E-state index contributed by atoms with van der Waals surface area (Å²) in [6.07, 6.45) is 3.80. The van der Waals surface area contributed by atoms with Gasteiger partial charge in [0, 0.05) is 31.2 Å². The number of rotatable bonds is 4. The lowest BCUT2D eigenvalue weighted by Gasteiger charge is -2.48. The lowest BCUT2D eigenvalue weighted by atomic mass is 9.88. The van der Waals surface area contributed by atoms with Gasteiger partial charge < -0.3 is 5.32 Å². The van der Waals surface area contributed by atoms with Crippen molar-refractivity contribution < 1.29 is 4.39 Å². The van der Waals surface area contributed by atoms with Crippen LogP contribution in [0.3, 0.4) is 0 Å². The highest BCUT2D eigenvalue weighted by molar-refractivity contribution is 6.30. The monoisotopic (exact) mass is 310 g/mol. The molecule has 1 N–H and O–H groups in total. The Bertz CT molecular complexity index is 518. The third-order valence-corrected chi connectivity index (χ3v) is 5.51. The molecule has 0 amide bonds. The topological polar surface area (TPSA) is 15.3 Å². The maximum atomic E-state index is 13.3. The van der Waals surface area contributed by atoms with Crippen molar-refractivity contribution in [2.75, 3.05) is 13.1 Å². The quantitative estimate of drug-likeness (QED) is 0.909. The lowest BCUT2D eigenvalue weighted by molar-refractivity contribution is 0.0270. The summed E-state index contributed by atoms with van der Waals surface area (Å²) in [7, 11) is 0. The van der Waals surface area contributed by atoms with Crippen LogP contribution in [0.2, 0.25) is 5.02 Å². The molecule has 0 spiro atoms. The Morgan fingerprint density at radius 3 is 2.81 bits per heavy atom. The normalized spacial score (nSPS) is 30.6. The van der Waals surface area contributed by atoms with Crippen molar-refractivity contribution in [1.82, 2.24) is 10.2 Å². The molecule has 0 bridgehead atoms. The van der Waals surface area contributed by atoms with Crippen molar-refractivity contribution in [3.8, 4) is 0 Å². The Morgan fingerprint density at radius 1 is 1.43 bits per heavy atom. The molecule has 1 aliphatic carbocycles. The molecule has 1 aromatic rings. The average Bonchev–Trinajstić information content (AvgIpc) is 3.30. The third-order valence-electron chi connectivity index (χ3n) is 5.22. The van der Waals surface area contributed by atoms with Crippen LogP contribution in [-0.4, -0.2) is 29.6 Å². The molecule has 2 nitrogen and oxygen atoms in total. The summed E-state index contributed by atoms with van der Waals surface area (Å²) in [5, 5.41) is 3.91. The first-order valence-corrected chi connectivity index (χ1v) is 8.33. The molecule has 0 radical (unpaired) electrons. The molecular weight excluding hydrogens is 287 g/mol. The summed E-state index contributed by atoms with van der Waals surface area (Å²) >= 11 is 5.93. The van der Waals surface area contributed by atoms with Crippen molar-refractivity contribution in [3.05, 3.63) is 34.6 Å². The fourth-order valence-electron chi connectivity index (χ4n) is 3.49. The van der Waals surface area contributed by atoms with Crippen molar-refractivity contribution in [2.45, 2.75) is 51.2 Å². The van der Waals surface area contributed by atoms with Gasteiger partial charge in [0.1, 0.15) is 5.82 Å². The standard InChI is InChI=1S/C17H24ClFN2/c1-3-14-10-21(17(2,11-20-14)13-5-6-13)9-12-4-7-16(19)15(18)8-12/h4,7-8,13-14,20H,3,5-6,9-11H2,1-2H3. The zero-order valence-electron chi connectivity index (χ0n) is 12.8. The van der Waals surface area contributed by atoms with Crippen molar-refractivity contribution in [1.29, 1.82) is 0 Å². The molecule has 2 atom stereocenters. The fourth-order valence-corrected chi connectivity index (χ4v) is 3.69. The number of halogens is 2. The zero-order valence-corrected chi connectivity index (χ0v) is 13.6. The van der Waals surface area contributed by atoms with Crippen LogP contribution in [0.1, 0.15) is 38.7 Å². The first-order chi connectivity index (χ1) is 10.0. The van der Waals surface area contributed by atoms with E-state index in [1.807, 2.05) is 6.07 Å². The van der Waals surface area contributed by atoms with Gasteiger partial charge in [-0.3, -0.25) is 4.90 Å². The highest BCUT2D eigenvalue weighted by Crippen LogP contribution is 2.44. The molecule has 2 aliphatic rings. The van der Waals surface area contributed by atoms with Crippen LogP contribution in [0, 0.1) is 11.7 Å². The Labute approximate surface area is 131 Å². The van der Waals surface area contributed by atoms with Crippen LogP contribution < -0.4 is 5.32 Å². The number of nitrogens with one attached hydrogen (secondary N) is 1. The zero-order chi connectivity index (χ0) is 15.0. The maximum absolute atomic E-state index is 13.3. The number of nitrogens with zero attached hydrogens (tertiary/aromatic N) is 1. The molecule has 4 heteroatoms. The molecular formula is C17H24ClFN2. The third kappa shape index (κ3) is 3.10. The van der Waals surface area contributed by atoms with E-state index in [2.05, 4.69) is 24.1 Å². The molecule has 1 aromatic carbocycles. The van der Waals surface area contributed by atoms with Gasteiger partial charge in [-0.25, -0.2) is 4.39 Å². The summed E-state index contributed by atoms with van der Waals surface area (Å²) in [4.78, 5) is 2.58. The molecule has 1 saturated heterocycles. The van der Waals surface area contributed by atoms with Crippen LogP contribution in [0.15, 0.2) is 18.2 Å². The Kier molecular flexibility index (Phi) is 4.26. The van der Waals surface area contributed by atoms with Crippen LogP contribution in [0.25, 0.3) is 0 Å². The molecule has 1 aliphatic heterocycles. The summed E-state index contributed by atoms with van der Waals surface area (Å²) in [5.74, 6) is 0.454. The van der Waals surface area contributed by atoms with Crippen LogP contribution in [0.4, 0.5) is 4.39 Å². The van der Waals surface area contributed by atoms with Gasteiger partial charge in [-0.15, -0.1) is 0 Å². The summed E-state index contributed by atoms with van der Waals surface area (Å²) in [6.45, 7) is 7.55. The predicted molar refractivity (Wildman–Crippen MR) is 85.0 cm³/mol. The van der Waals surface area contributed by atoms with Gasteiger partial charge in [0.15, 0.2) is 0 Å². The van der Waals surface area contributed by atoms with Gasteiger partial charge in [-0.05, 0) is 49.8 Å². The van der Waals surface area contributed by atoms with Crippen molar-refractivity contribution >= 4 is 11.6 Å². The smallest absolute Gasteiger partial charge is 0.141 e. The van der Waals surface area contributed by atoms with E-state index in [1.165, 1.54) is 18.9 Å². The second kappa shape index (κ2) is 5.86.